The zero-order valence-corrected chi connectivity index (χ0v) is 12.7. The van der Waals surface area contributed by atoms with Crippen molar-refractivity contribution < 1.29 is 19.4 Å². The van der Waals surface area contributed by atoms with E-state index in [0.29, 0.717) is 0 Å². The molecule has 1 aromatic rings. The van der Waals surface area contributed by atoms with Gasteiger partial charge in [-0.2, -0.15) is 0 Å². The maximum atomic E-state index is 11.4. The number of halogens is 4. The van der Waals surface area contributed by atoms with Gasteiger partial charge < -0.3 is 15.2 Å². The first-order valence-corrected chi connectivity index (χ1v) is 6.91. The summed E-state index contributed by atoms with van der Waals surface area (Å²) in [5, 5.41) is 11.1. The van der Waals surface area contributed by atoms with Gasteiger partial charge in [0.1, 0.15) is 16.6 Å². The average molecular weight is 368 g/mol. The molecule has 0 saturated carbocycles. The van der Waals surface area contributed by atoms with Crippen LogP contribution in [-0.4, -0.2) is 32.6 Å². The summed E-state index contributed by atoms with van der Waals surface area (Å²) in [5.74, 6) is -1.35. The van der Waals surface area contributed by atoms with Crippen LogP contribution in [0, 0.1) is 0 Å². The summed E-state index contributed by atoms with van der Waals surface area (Å²) in [6.45, 7) is -0.527. The van der Waals surface area contributed by atoms with E-state index in [9.17, 15) is 9.59 Å². The number of carbonyl (C=O) groups excluding carboxylic acids is 1. The average Bonchev–Trinajstić information content (AvgIpc) is 2.68. The Balaban J connectivity index is 2.68. The van der Waals surface area contributed by atoms with Crippen molar-refractivity contribution in [3.63, 3.8) is 0 Å². The van der Waals surface area contributed by atoms with E-state index >= 15 is 0 Å². The summed E-state index contributed by atoms with van der Waals surface area (Å²) < 4.78 is 2.91. The van der Waals surface area contributed by atoms with Crippen molar-refractivity contribution in [1.82, 2.24) is 10.3 Å². The zero-order valence-electron chi connectivity index (χ0n) is 8.90. The molecule has 0 bridgehead atoms. The number of thiazole rings is 1. The minimum absolute atomic E-state index is 0.00463. The van der Waals surface area contributed by atoms with Gasteiger partial charge in [0.2, 0.25) is 3.79 Å². The predicted octanol–water partition coefficient (Wildman–Crippen LogP) is 3.02. The second-order valence-corrected chi connectivity index (χ2v) is 7.09. The lowest BCUT2D eigenvalue weighted by Crippen LogP contribution is -2.35. The summed E-state index contributed by atoms with van der Waals surface area (Å²) in [6.07, 6.45) is -1.07. The smallest absolute Gasteiger partial charge is 0.408 e. The molecule has 1 rings (SSSR count). The van der Waals surface area contributed by atoms with E-state index in [1.165, 1.54) is 5.51 Å². The van der Waals surface area contributed by atoms with Crippen LogP contribution < -0.4 is 5.32 Å². The van der Waals surface area contributed by atoms with Gasteiger partial charge in [0.05, 0.1) is 5.51 Å². The van der Waals surface area contributed by atoms with Gasteiger partial charge in [-0.1, -0.05) is 46.4 Å². The van der Waals surface area contributed by atoms with Crippen molar-refractivity contribution in [3.8, 4) is 0 Å². The summed E-state index contributed by atoms with van der Waals surface area (Å²) in [7, 11) is 0. The molecule has 1 amide bonds. The Morgan fingerprint density at radius 2 is 2.16 bits per heavy atom. The van der Waals surface area contributed by atoms with Crippen molar-refractivity contribution in [3.05, 3.63) is 15.5 Å². The highest BCUT2D eigenvalue weighted by Gasteiger charge is 2.29. The molecule has 106 valence electrons. The standard InChI is InChI=1S/C8H6Cl4N2O4S/c9-5-3(13-2-19-5)4(6(15)16)14-7(17)18-1-8(10,11)12/h2,4H,1H2,(H,14,17)(H,15,16). The molecule has 2 N–H and O–H groups in total. The second-order valence-electron chi connectivity index (χ2n) is 3.12. The SMILES string of the molecule is O=C(NC(C(=O)O)c1ncsc1Cl)OCC(Cl)(Cl)Cl. The lowest BCUT2D eigenvalue weighted by atomic mass is 10.2. The van der Waals surface area contributed by atoms with Crippen LogP contribution in [0.1, 0.15) is 11.7 Å². The van der Waals surface area contributed by atoms with Crippen LogP contribution in [0.3, 0.4) is 0 Å². The fourth-order valence-corrected chi connectivity index (χ4v) is 1.97. The fraction of sp³-hybridized carbons (Fsp3) is 0.375. The molecule has 0 aliphatic rings. The number of nitrogens with one attached hydrogen (secondary N) is 1. The third-order valence-electron chi connectivity index (χ3n) is 1.70. The third-order valence-corrected chi connectivity index (χ3v) is 3.11. The van der Waals surface area contributed by atoms with E-state index in [2.05, 4.69) is 15.0 Å². The van der Waals surface area contributed by atoms with Crippen molar-refractivity contribution in [1.29, 1.82) is 0 Å². The largest absolute Gasteiger partial charge is 0.479 e. The molecule has 11 heteroatoms. The molecule has 1 heterocycles. The van der Waals surface area contributed by atoms with Gasteiger partial charge in [0.15, 0.2) is 6.04 Å². The number of amides is 1. The molecule has 1 atom stereocenters. The maximum absolute atomic E-state index is 11.4. The number of rotatable bonds is 4. The lowest BCUT2D eigenvalue weighted by Gasteiger charge is -2.15. The van der Waals surface area contributed by atoms with Gasteiger partial charge in [-0.15, -0.1) is 11.3 Å². The minimum Gasteiger partial charge on any atom is -0.479 e. The molecule has 0 radical (unpaired) electrons. The second kappa shape index (κ2) is 6.81. The minimum atomic E-state index is -1.78. The molecule has 1 aromatic heterocycles. The molecule has 0 saturated heterocycles. The molecule has 19 heavy (non-hydrogen) atoms. The van der Waals surface area contributed by atoms with Gasteiger partial charge in [-0.3, -0.25) is 0 Å². The zero-order chi connectivity index (χ0) is 14.6. The van der Waals surface area contributed by atoms with E-state index in [4.69, 9.17) is 51.5 Å². The first-order chi connectivity index (χ1) is 8.70. The van der Waals surface area contributed by atoms with Crippen molar-refractivity contribution in [2.75, 3.05) is 6.61 Å². The van der Waals surface area contributed by atoms with E-state index in [-0.39, 0.29) is 10.0 Å². The highest BCUT2D eigenvalue weighted by molar-refractivity contribution is 7.14. The van der Waals surface area contributed by atoms with Gasteiger partial charge in [-0.25, -0.2) is 14.6 Å². The number of hydrogen-bond acceptors (Lipinski definition) is 5. The number of carboxylic acids is 1. The van der Waals surface area contributed by atoms with Crippen molar-refractivity contribution >= 4 is 69.8 Å². The highest BCUT2D eigenvalue weighted by atomic mass is 35.6. The van der Waals surface area contributed by atoms with Crippen LogP contribution in [0.5, 0.6) is 0 Å². The number of alkyl carbamates (subject to hydrolysis) is 1. The molecule has 0 aromatic carbocycles. The fourth-order valence-electron chi connectivity index (χ4n) is 0.982. The van der Waals surface area contributed by atoms with E-state index in [0.717, 1.165) is 11.3 Å². The van der Waals surface area contributed by atoms with Crippen LogP contribution >= 0.6 is 57.7 Å². The first-order valence-electron chi connectivity index (χ1n) is 4.52. The molecular weight excluding hydrogens is 362 g/mol. The Labute approximate surface area is 131 Å². The van der Waals surface area contributed by atoms with Crippen LogP contribution in [0.2, 0.25) is 4.34 Å². The van der Waals surface area contributed by atoms with E-state index in [1.54, 1.807) is 0 Å². The highest BCUT2D eigenvalue weighted by Crippen LogP contribution is 2.27. The Morgan fingerprint density at radius 3 is 2.58 bits per heavy atom. The van der Waals surface area contributed by atoms with Crippen molar-refractivity contribution in [2.45, 2.75) is 9.83 Å². The van der Waals surface area contributed by atoms with Gasteiger partial charge in [0.25, 0.3) is 0 Å². The normalized spacial score (nSPS) is 12.8. The predicted molar refractivity (Wildman–Crippen MR) is 72.3 cm³/mol. The van der Waals surface area contributed by atoms with E-state index in [1.807, 2.05) is 0 Å². The number of hydrogen-bond donors (Lipinski definition) is 2. The molecule has 0 aliphatic heterocycles. The maximum Gasteiger partial charge on any atom is 0.408 e. The number of nitrogens with zero attached hydrogens (tertiary/aromatic N) is 1. The topological polar surface area (TPSA) is 88.5 Å². The Morgan fingerprint density at radius 1 is 1.53 bits per heavy atom. The van der Waals surface area contributed by atoms with Gasteiger partial charge in [-0.05, 0) is 0 Å². The van der Waals surface area contributed by atoms with Gasteiger partial charge in [0, 0.05) is 0 Å². The number of alkyl halides is 3. The molecule has 0 spiro atoms. The summed E-state index contributed by atoms with van der Waals surface area (Å²) in [4.78, 5) is 26.2. The van der Waals surface area contributed by atoms with Crippen molar-refractivity contribution in [2.24, 2.45) is 0 Å². The molecule has 0 fully saturated rings. The lowest BCUT2D eigenvalue weighted by molar-refractivity contribution is -0.139. The van der Waals surface area contributed by atoms with Crippen LogP contribution in [-0.2, 0) is 9.53 Å². The number of ether oxygens (including phenoxy) is 1. The molecule has 1 unspecified atom stereocenters. The number of aliphatic carboxylic acids is 1. The summed E-state index contributed by atoms with van der Waals surface area (Å²) >= 11 is 22.9. The Bertz CT molecular complexity index is 476. The molecular formula is C8H6Cl4N2O4S. The molecule has 0 aliphatic carbocycles. The first kappa shape index (κ1) is 16.6. The molecule has 6 nitrogen and oxygen atoms in total. The van der Waals surface area contributed by atoms with Crippen LogP contribution in [0.15, 0.2) is 5.51 Å². The number of aromatic nitrogens is 1. The van der Waals surface area contributed by atoms with Gasteiger partial charge >= 0.3 is 12.1 Å². The number of carboxylic acid groups (broad SMARTS) is 1. The quantitative estimate of drug-likeness (QED) is 0.798. The third kappa shape index (κ3) is 5.58. The Hall–Kier alpha value is -0.470. The van der Waals surface area contributed by atoms with Crippen LogP contribution in [0.4, 0.5) is 4.79 Å². The Kier molecular flexibility index (Phi) is 5.94. The van der Waals surface area contributed by atoms with E-state index < -0.39 is 28.5 Å². The summed E-state index contributed by atoms with van der Waals surface area (Å²) in [5.41, 5.74) is 1.35. The number of carbonyl (C=O) groups is 2. The van der Waals surface area contributed by atoms with Crippen LogP contribution in [0.25, 0.3) is 0 Å². The summed E-state index contributed by atoms with van der Waals surface area (Å²) in [6, 6.07) is -1.44. The monoisotopic (exact) mass is 366 g/mol.